The molecule has 2 unspecified atom stereocenters. The van der Waals surface area contributed by atoms with Crippen LogP contribution in [0.2, 0.25) is 0 Å². The first-order valence-corrected chi connectivity index (χ1v) is 8.12. The largest absolute Gasteiger partial charge is 0.486 e. The molecule has 0 saturated carbocycles. The van der Waals surface area contributed by atoms with Crippen LogP contribution in [-0.4, -0.2) is 25.4 Å². The molecule has 2 atom stereocenters. The van der Waals surface area contributed by atoms with Crippen molar-refractivity contribution in [1.29, 1.82) is 0 Å². The van der Waals surface area contributed by atoms with Crippen LogP contribution >= 0.6 is 31.9 Å². The minimum Gasteiger partial charge on any atom is -0.486 e. The average molecular weight is 393 g/mol. The molecule has 2 N–H and O–H groups in total. The van der Waals surface area contributed by atoms with Gasteiger partial charge in [-0.2, -0.15) is 0 Å². The lowest BCUT2D eigenvalue weighted by Crippen LogP contribution is -2.28. The molecule has 1 aliphatic rings. The highest BCUT2D eigenvalue weighted by molar-refractivity contribution is 9.11. The van der Waals surface area contributed by atoms with Gasteiger partial charge in [-0.15, -0.1) is 0 Å². The van der Waals surface area contributed by atoms with Gasteiger partial charge in [0, 0.05) is 12.6 Å². The highest BCUT2D eigenvalue weighted by atomic mass is 79.9. The molecule has 0 bridgehead atoms. The first kappa shape index (κ1) is 15.3. The zero-order valence-electron chi connectivity index (χ0n) is 11.0. The summed E-state index contributed by atoms with van der Waals surface area (Å²) >= 11 is 7.16. The topological polar surface area (TPSA) is 44.5 Å². The summed E-state index contributed by atoms with van der Waals surface area (Å²) in [6.45, 7) is 3.52. The number of hydrogen-bond donors (Lipinski definition) is 1. The summed E-state index contributed by atoms with van der Waals surface area (Å²) in [5.74, 6) is 0.851. The molecule has 1 aliphatic heterocycles. The van der Waals surface area contributed by atoms with E-state index in [2.05, 4.69) is 44.0 Å². The van der Waals surface area contributed by atoms with Gasteiger partial charge in [-0.05, 0) is 75.7 Å². The van der Waals surface area contributed by atoms with Gasteiger partial charge in [0.15, 0.2) is 0 Å². The van der Waals surface area contributed by atoms with E-state index in [9.17, 15) is 0 Å². The van der Waals surface area contributed by atoms with Gasteiger partial charge in [-0.25, -0.2) is 0 Å². The number of hydrogen-bond acceptors (Lipinski definition) is 3. The van der Waals surface area contributed by atoms with Crippen LogP contribution in [0.4, 0.5) is 0 Å². The van der Waals surface area contributed by atoms with E-state index in [1.165, 1.54) is 5.56 Å². The zero-order chi connectivity index (χ0) is 13.8. The summed E-state index contributed by atoms with van der Waals surface area (Å²) in [4.78, 5) is 0. The third kappa shape index (κ3) is 4.45. The quantitative estimate of drug-likeness (QED) is 0.850. The van der Waals surface area contributed by atoms with Gasteiger partial charge in [-0.3, -0.25) is 0 Å². The van der Waals surface area contributed by atoms with Crippen molar-refractivity contribution in [3.8, 4) is 5.75 Å². The molecule has 0 aromatic heterocycles. The Labute approximate surface area is 131 Å². The van der Waals surface area contributed by atoms with Gasteiger partial charge in [0.05, 0.1) is 15.6 Å². The van der Waals surface area contributed by atoms with Gasteiger partial charge in [0.1, 0.15) is 11.9 Å². The van der Waals surface area contributed by atoms with Gasteiger partial charge < -0.3 is 15.2 Å². The lowest BCUT2D eigenvalue weighted by Gasteiger charge is -2.24. The highest BCUT2D eigenvalue weighted by Crippen LogP contribution is 2.36. The highest BCUT2D eigenvalue weighted by Gasteiger charge is 2.19. The van der Waals surface area contributed by atoms with Gasteiger partial charge >= 0.3 is 0 Å². The summed E-state index contributed by atoms with van der Waals surface area (Å²) in [5.41, 5.74) is 7.03. The monoisotopic (exact) mass is 391 g/mol. The van der Waals surface area contributed by atoms with Crippen molar-refractivity contribution in [2.45, 2.75) is 38.3 Å². The van der Waals surface area contributed by atoms with Crippen molar-refractivity contribution >= 4 is 31.9 Å². The van der Waals surface area contributed by atoms with Crippen molar-refractivity contribution in [3.05, 3.63) is 26.6 Å². The summed E-state index contributed by atoms with van der Waals surface area (Å²) in [6, 6.07) is 4.30. The minimum absolute atomic E-state index is 0.139. The summed E-state index contributed by atoms with van der Waals surface area (Å²) in [6.07, 6.45) is 3.09. The van der Waals surface area contributed by atoms with E-state index in [4.69, 9.17) is 15.2 Å². The predicted molar refractivity (Wildman–Crippen MR) is 83.7 cm³/mol. The fraction of sp³-hybridized carbons (Fsp3) is 0.571. The molecule has 1 heterocycles. The number of nitrogens with two attached hydrogens (primary N) is 1. The second kappa shape index (κ2) is 7.07. The van der Waals surface area contributed by atoms with Crippen LogP contribution in [0.1, 0.15) is 25.3 Å². The molecule has 1 fully saturated rings. The van der Waals surface area contributed by atoms with Crippen LogP contribution in [0.25, 0.3) is 0 Å². The van der Waals surface area contributed by atoms with E-state index in [-0.39, 0.29) is 12.1 Å². The van der Waals surface area contributed by atoms with Gasteiger partial charge in [0.2, 0.25) is 0 Å². The molecular weight excluding hydrogens is 374 g/mol. The molecule has 0 radical (unpaired) electrons. The summed E-state index contributed by atoms with van der Waals surface area (Å²) in [7, 11) is 0. The summed E-state index contributed by atoms with van der Waals surface area (Å²) < 4.78 is 13.4. The number of ether oxygens (including phenoxy) is 2. The molecule has 1 aromatic carbocycles. The van der Waals surface area contributed by atoms with Crippen LogP contribution in [0.15, 0.2) is 21.1 Å². The van der Waals surface area contributed by atoms with Crippen LogP contribution in [0, 0.1) is 0 Å². The fourth-order valence-electron chi connectivity index (χ4n) is 2.19. The fourth-order valence-corrected chi connectivity index (χ4v) is 3.65. The third-order valence-electron chi connectivity index (χ3n) is 3.02. The normalized spacial score (nSPS) is 21.2. The van der Waals surface area contributed by atoms with E-state index in [1.54, 1.807) is 0 Å². The van der Waals surface area contributed by atoms with Crippen molar-refractivity contribution in [3.63, 3.8) is 0 Å². The Kier molecular flexibility index (Phi) is 5.69. The molecule has 1 aromatic rings. The van der Waals surface area contributed by atoms with Crippen LogP contribution in [-0.2, 0) is 11.2 Å². The Hall–Kier alpha value is -0.100. The lowest BCUT2D eigenvalue weighted by atomic mass is 10.1. The second-order valence-electron chi connectivity index (χ2n) is 5.03. The first-order chi connectivity index (χ1) is 9.06. The van der Waals surface area contributed by atoms with Crippen LogP contribution < -0.4 is 10.5 Å². The van der Waals surface area contributed by atoms with Crippen molar-refractivity contribution in [1.82, 2.24) is 0 Å². The second-order valence-corrected chi connectivity index (χ2v) is 6.74. The molecule has 0 spiro atoms. The molecule has 5 heteroatoms. The Morgan fingerprint density at radius 3 is 2.63 bits per heavy atom. The van der Waals surface area contributed by atoms with E-state index < -0.39 is 0 Å². The standard InChI is InChI=1S/C14H19Br2NO2/c1-9(17)5-10-6-12(15)14(13(16)7-10)19-11-3-2-4-18-8-11/h6-7,9,11H,2-5,8,17H2,1H3. The maximum Gasteiger partial charge on any atom is 0.148 e. The maximum absolute atomic E-state index is 6.03. The molecule has 19 heavy (non-hydrogen) atoms. The number of rotatable bonds is 4. The van der Waals surface area contributed by atoms with E-state index in [0.29, 0.717) is 6.61 Å². The Bertz CT molecular complexity index is 408. The van der Waals surface area contributed by atoms with Crippen molar-refractivity contribution in [2.75, 3.05) is 13.2 Å². The summed E-state index contributed by atoms with van der Waals surface area (Å²) in [5, 5.41) is 0. The first-order valence-electron chi connectivity index (χ1n) is 6.54. The Morgan fingerprint density at radius 2 is 2.11 bits per heavy atom. The molecule has 2 rings (SSSR count). The van der Waals surface area contributed by atoms with E-state index in [1.807, 2.05) is 6.92 Å². The van der Waals surface area contributed by atoms with E-state index in [0.717, 1.165) is 40.6 Å². The van der Waals surface area contributed by atoms with Crippen molar-refractivity contribution in [2.24, 2.45) is 5.73 Å². The third-order valence-corrected chi connectivity index (χ3v) is 4.20. The predicted octanol–water partition coefficient (Wildman–Crippen LogP) is 3.66. The minimum atomic E-state index is 0.139. The van der Waals surface area contributed by atoms with Crippen LogP contribution in [0.3, 0.4) is 0 Å². The lowest BCUT2D eigenvalue weighted by molar-refractivity contribution is 0.00678. The Morgan fingerprint density at radius 1 is 1.42 bits per heavy atom. The molecule has 3 nitrogen and oxygen atoms in total. The maximum atomic E-state index is 6.03. The van der Waals surface area contributed by atoms with Gasteiger partial charge in [-0.1, -0.05) is 0 Å². The molecule has 1 saturated heterocycles. The molecule has 0 amide bonds. The molecular formula is C14H19Br2NO2. The van der Waals surface area contributed by atoms with Crippen molar-refractivity contribution < 1.29 is 9.47 Å². The number of benzene rings is 1. The zero-order valence-corrected chi connectivity index (χ0v) is 14.2. The number of halogens is 2. The van der Waals surface area contributed by atoms with E-state index >= 15 is 0 Å². The van der Waals surface area contributed by atoms with Gasteiger partial charge in [0.25, 0.3) is 0 Å². The Balaban J connectivity index is 2.11. The molecule has 106 valence electrons. The molecule has 0 aliphatic carbocycles. The van der Waals surface area contributed by atoms with Crippen LogP contribution in [0.5, 0.6) is 5.75 Å². The smallest absolute Gasteiger partial charge is 0.148 e. The average Bonchev–Trinajstić information content (AvgIpc) is 2.34. The SMILES string of the molecule is CC(N)Cc1cc(Br)c(OC2CCCOC2)c(Br)c1.